The highest BCUT2D eigenvalue weighted by Gasteiger charge is 2.31. The van der Waals surface area contributed by atoms with Gasteiger partial charge >= 0.3 is 0 Å². The van der Waals surface area contributed by atoms with E-state index >= 15 is 0 Å². The number of anilines is 1. The van der Waals surface area contributed by atoms with Crippen molar-refractivity contribution in [1.29, 1.82) is 0 Å². The van der Waals surface area contributed by atoms with Crippen LogP contribution in [0.4, 0.5) is 5.69 Å². The van der Waals surface area contributed by atoms with Crippen LogP contribution in [-0.2, 0) is 4.79 Å². The molecule has 1 aliphatic carbocycles. The van der Waals surface area contributed by atoms with Gasteiger partial charge in [0.25, 0.3) is 5.91 Å². The van der Waals surface area contributed by atoms with Crippen LogP contribution in [0, 0.1) is 0 Å². The molecule has 0 heterocycles. The van der Waals surface area contributed by atoms with Crippen molar-refractivity contribution in [2.24, 2.45) is 0 Å². The fourth-order valence-corrected chi connectivity index (χ4v) is 3.10. The van der Waals surface area contributed by atoms with Crippen molar-refractivity contribution in [2.45, 2.75) is 0 Å². The number of fused-ring (bicyclic) bond motifs is 2. The summed E-state index contributed by atoms with van der Waals surface area (Å²) in [6, 6.07) is 20.5. The smallest absolute Gasteiger partial charge is 0.262 e. The molecule has 3 aromatic rings. The fourth-order valence-electron chi connectivity index (χ4n) is 3.10. The first kappa shape index (κ1) is 16.7. The molecule has 3 aromatic carbocycles. The van der Waals surface area contributed by atoms with Crippen LogP contribution in [0.15, 0.2) is 72.8 Å². The molecule has 0 unspecified atom stereocenters. The van der Waals surface area contributed by atoms with E-state index < -0.39 is 5.91 Å². The van der Waals surface area contributed by atoms with Crippen LogP contribution in [0.5, 0.6) is 5.75 Å². The summed E-state index contributed by atoms with van der Waals surface area (Å²) in [5.41, 5.74) is 1.54. The zero-order valence-electron chi connectivity index (χ0n) is 14.3. The first-order chi connectivity index (χ1) is 13.1. The molecule has 132 valence electrons. The predicted octanol–water partition coefficient (Wildman–Crippen LogP) is 3.48. The molecular formula is C22H15NO4. The average Bonchev–Trinajstić information content (AvgIpc) is 2.71. The molecule has 0 atom stereocenters. The molecule has 5 nitrogen and oxygen atoms in total. The van der Waals surface area contributed by atoms with E-state index in [1.54, 1.807) is 54.6 Å². The Bertz CT molecular complexity index is 1060. The monoisotopic (exact) mass is 357 g/mol. The van der Waals surface area contributed by atoms with Crippen molar-refractivity contribution in [3.63, 3.8) is 0 Å². The van der Waals surface area contributed by atoms with Crippen LogP contribution in [0.25, 0.3) is 0 Å². The Kier molecular flexibility index (Phi) is 4.26. The number of hydrogen-bond donors (Lipinski definition) is 1. The van der Waals surface area contributed by atoms with Gasteiger partial charge in [0.05, 0.1) is 11.3 Å². The van der Waals surface area contributed by atoms with Gasteiger partial charge in [-0.2, -0.15) is 0 Å². The lowest BCUT2D eigenvalue weighted by Gasteiger charge is -2.20. The second kappa shape index (κ2) is 6.88. The summed E-state index contributed by atoms with van der Waals surface area (Å²) in [5, 5.41) is 2.69. The standard InChI is InChI=1S/C22H15NO4/c24-19(13-27-14-7-2-1-3-8-14)23-18-12-6-11-17-20(18)22(26)16-10-5-4-9-15(16)21(17)25/h1-12H,13H2,(H,23,24). The topological polar surface area (TPSA) is 72.5 Å². The molecule has 5 heteroatoms. The minimum Gasteiger partial charge on any atom is -0.484 e. The second-order valence-corrected chi connectivity index (χ2v) is 6.08. The van der Waals surface area contributed by atoms with E-state index in [-0.39, 0.29) is 23.7 Å². The molecule has 0 bridgehead atoms. The van der Waals surface area contributed by atoms with Crippen LogP contribution in [-0.4, -0.2) is 24.1 Å². The quantitative estimate of drug-likeness (QED) is 0.607. The van der Waals surface area contributed by atoms with Crippen molar-refractivity contribution in [3.05, 3.63) is 95.1 Å². The van der Waals surface area contributed by atoms with E-state index in [9.17, 15) is 14.4 Å². The van der Waals surface area contributed by atoms with Crippen LogP contribution >= 0.6 is 0 Å². The molecule has 1 N–H and O–H groups in total. The highest BCUT2D eigenvalue weighted by atomic mass is 16.5. The summed E-state index contributed by atoms with van der Waals surface area (Å²) < 4.78 is 5.42. The molecule has 1 aliphatic rings. The van der Waals surface area contributed by atoms with Gasteiger partial charge in [0.2, 0.25) is 0 Å². The number of benzene rings is 3. The Labute approximate surface area is 155 Å². The van der Waals surface area contributed by atoms with Gasteiger partial charge in [-0.15, -0.1) is 0 Å². The fraction of sp³-hybridized carbons (Fsp3) is 0.0455. The van der Waals surface area contributed by atoms with Gasteiger partial charge in [-0.1, -0.05) is 54.6 Å². The molecular weight excluding hydrogens is 342 g/mol. The minimum atomic E-state index is -0.411. The zero-order valence-corrected chi connectivity index (χ0v) is 14.3. The summed E-state index contributed by atoms with van der Waals surface area (Å²) in [6.45, 7) is -0.202. The lowest BCUT2D eigenvalue weighted by Crippen LogP contribution is -2.25. The predicted molar refractivity (Wildman–Crippen MR) is 100 cm³/mol. The van der Waals surface area contributed by atoms with E-state index in [1.165, 1.54) is 0 Å². The van der Waals surface area contributed by atoms with Gasteiger partial charge in [-0.25, -0.2) is 0 Å². The number of ketones is 2. The van der Waals surface area contributed by atoms with Gasteiger partial charge < -0.3 is 10.1 Å². The van der Waals surface area contributed by atoms with Gasteiger partial charge in [-0.05, 0) is 18.2 Å². The van der Waals surface area contributed by atoms with E-state index in [0.29, 0.717) is 28.1 Å². The summed E-state index contributed by atoms with van der Waals surface area (Å²) in [4.78, 5) is 37.9. The Morgan fingerprint density at radius 1 is 0.741 bits per heavy atom. The molecule has 0 saturated heterocycles. The summed E-state index contributed by atoms with van der Waals surface area (Å²) in [5.74, 6) is -0.341. The van der Waals surface area contributed by atoms with E-state index in [1.807, 2.05) is 18.2 Å². The van der Waals surface area contributed by atoms with Gasteiger partial charge in [-0.3, -0.25) is 14.4 Å². The number of ether oxygens (including phenoxy) is 1. The Hall–Kier alpha value is -3.73. The van der Waals surface area contributed by atoms with Crippen molar-refractivity contribution >= 4 is 23.2 Å². The summed E-state index contributed by atoms with van der Waals surface area (Å²) in [6.07, 6.45) is 0. The minimum absolute atomic E-state index is 0.202. The van der Waals surface area contributed by atoms with Crippen LogP contribution in [0.3, 0.4) is 0 Å². The van der Waals surface area contributed by atoms with Gasteiger partial charge in [0.1, 0.15) is 5.75 Å². The van der Waals surface area contributed by atoms with Crippen molar-refractivity contribution in [2.75, 3.05) is 11.9 Å². The Morgan fingerprint density at radius 3 is 2.11 bits per heavy atom. The number of para-hydroxylation sites is 1. The first-order valence-corrected chi connectivity index (χ1v) is 8.44. The van der Waals surface area contributed by atoms with Gasteiger partial charge in [0, 0.05) is 16.7 Å². The van der Waals surface area contributed by atoms with Crippen molar-refractivity contribution in [1.82, 2.24) is 0 Å². The SMILES string of the molecule is O=C(COc1ccccc1)Nc1cccc2c1C(=O)c1ccccc1C2=O. The van der Waals surface area contributed by atoms with E-state index in [0.717, 1.165) is 0 Å². The number of amides is 1. The van der Waals surface area contributed by atoms with E-state index in [2.05, 4.69) is 5.32 Å². The Balaban J connectivity index is 1.59. The molecule has 0 saturated carbocycles. The third-order valence-corrected chi connectivity index (χ3v) is 4.34. The third-order valence-electron chi connectivity index (χ3n) is 4.34. The van der Waals surface area contributed by atoms with Gasteiger partial charge in [0.15, 0.2) is 18.2 Å². The normalized spacial score (nSPS) is 12.1. The molecule has 0 radical (unpaired) electrons. The van der Waals surface area contributed by atoms with E-state index in [4.69, 9.17) is 4.74 Å². The second-order valence-electron chi connectivity index (χ2n) is 6.08. The summed E-state index contributed by atoms with van der Waals surface area (Å²) >= 11 is 0. The zero-order chi connectivity index (χ0) is 18.8. The number of hydrogen-bond acceptors (Lipinski definition) is 4. The number of nitrogens with one attached hydrogen (secondary N) is 1. The maximum absolute atomic E-state index is 12.9. The molecule has 0 spiro atoms. The van der Waals surface area contributed by atoms with Crippen LogP contribution < -0.4 is 10.1 Å². The first-order valence-electron chi connectivity index (χ1n) is 8.44. The third kappa shape index (κ3) is 3.11. The van der Waals surface area contributed by atoms with Crippen molar-refractivity contribution < 1.29 is 19.1 Å². The summed E-state index contributed by atoms with van der Waals surface area (Å²) in [7, 11) is 0. The highest BCUT2D eigenvalue weighted by Crippen LogP contribution is 2.31. The Morgan fingerprint density at radius 2 is 1.37 bits per heavy atom. The molecule has 4 rings (SSSR count). The van der Waals surface area contributed by atoms with Crippen molar-refractivity contribution in [3.8, 4) is 5.75 Å². The lowest BCUT2D eigenvalue weighted by molar-refractivity contribution is -0.118. The molecule has 1 amide bonds. The maximum atomic E-state index is 12.9. The molecule has 0 aliphatic heterocycles. The molecule has 0 fully saturated rings. The van der Waals surface area contributed by atoms with Crippen LogP contribution in [0.1, 0.15) is 31.8 Å². The maximum Gasteiger partial charge on any atom is 0.262 e. The largest absolute Gasteiger partial charge is 0.484 e. The van der Waals surface area contributed by atoms with Crippen LogP contribution in [0.2, 0.25) is 0 Å². The number of carbonyl (C=O) groups is 3. The number of carbonyl (C=O) groups excluding carboxylic acids is 3. The molecule has 27 heavy (non-hydrogen) atoms. The average molecular weight is 357 g/mol. The number of rotatable bonds is 4. The highest BCUT2D eigenvalue weighted by molar-refractivity contribution is 6.30. The lowest BCUT2D eigenvalue weighted by atomic mass is 9.83. The molecule has 0 aromatic heterocycles.